The van der Waals surface area contributed by atoms with E-state index >= 15 is 0 Å². The molecule has 0 amide bonds. The minimum atomic E-state index is -2.57. The number of alkyl halides is 2. The van der Waals surface area contributed by atoms with Gasteiger partial charge in [0, 0.05) is 42.7 Å². The van der Waals surface area contributed by atoms with E-state index < -0.39 is 24.0 Å². The maximum absolute atomic E-state index is 13.2. The first-order chi connectivity index (χ1) is 25.4. The van der Waals surface area contributed by atoms with Gasteiger partial charge in [-0.05, 0) is 79.1 Å². The topological polar surface area (TPSA) is 137 Å². The number of ether oxygens (including phenoxy) is 3. The van der Waals surface area contributed by atoms with Gasteiger partial charge in [0.1, 0.15) is 42.1 Å². The molecule has 1 aromatic heterocycles. The molecule has 2 aliphatic rings. The van der Waals surface area contributed by atoms with Crippen molar-refractivity contribution in [2.45, 2.75) is 70.4 Å². The van der Waals surface area contributed by atoms with Gasteiger partial charge in [-0.2, -0.15) is 5.26 Å². The fourth-order valence-electron chi connectivity index (χ4n) is 6.85. The molecule has 53 heavy (non-hydrogen) atoms. The average Bonchev–Trinajstić information content (AvgIpc) is 3.53. The van der Waals surface area contributed by atoms with Crippen molar-refractivity contribution in [3.05, 3.63) is 105 Å². The van der Waals surface area contributed by atoms with Crippen LogP contribution in [-0.2, 0) is 24.4 Å². The van der Waals surface area contributed by atoms with Gasteiger partial charge < -0.3 is 24.4 Å². The van der Waals surface area contributed by atoms with Gasteiger partial charge in [0.25, 0.3) is 5.92 Å². The highest BCUT2D eigenvalue weighted by Gasteiger charge is 2.43. The van der Waals surface area contributed by atoms with Crippen molar-refractivity contribution in [3.63, 3.8) is 0 Å². The van der Waals surface area contributed by atoms with Crippen LogP contribution in [0.2, 0.25) is 5.02 Å². The van der Waals surface area contributed by atoms with E-state index in [0.717, 1.165) is 40.0 Å². The van der Waals surface area contributed by atoms with E-state index in [1.165, 1.54) is 13.1 Å². The number of rotatable bonds is 16. The highest BCUT2D eigenvalue weighted by atomic mass is 35.5. The van der Waals surface area contributed by atoms with E-state index in [4.69, 9.17) is 25.8 Å². The molecule has 13 heteroatoms. The number of likely N-dealkylation sites (tertiary alicyclic amines) is 1. The van der Waals surface area contributed by atoms with Crippen molar-refractivity contribution in [1.82, 2.24) is 15.2 Å². The molecule has 278 valence electrons. The van der Waals surface area contributed by atoms with Crippen molar-refractivity contribution in [3.8, 4) is 34.4 Å². The second kappa shape index (κ2) is 16.5. The number of fused-ring (bicyclic) bond motifs is 1. The maximum atomic E-state index is 13.2. The number of aliphatic hydroxyl groups excluding tert-OH is 1. The molecule has 0 saturated carbocycles. The van der Waals surface area contributed by atoms with Crippen LogP contribution < -0.4 is 19.5 Å². The predicted molar refractivity (Wildman–Crippen MR) is 194 cm³/mol. The lowest BCUT2D eigenvalue weighted by Gasteiger charge is -2.38. The van der Waals surface area contributed by atoms with Crippen LogP contribution in [0.4, 0.5) is 8.78 Å². The SMILES string of the molecule is Cc1c(OCCCN2CC(F)(F)C2)cccc1-c1cccc2c1CC[C@@H]2Oc1cc(OCc2cncc(C#N)c2)c(CN[C@H](C(=O)O)[C@@H](C)O)cc1Cl. The summed E-state index contributed by atoms with van der Waals surface area (Å²) in [6.45, 7) is 4.14. The molecule has 1 aliphatic carbocycles. The van der Waals surface area contributed by atoms with Gasteiger partial charge in [-0.3, -0.25) is 20.0 Å². The standard InChI is InChI=1S/C40H41ClF2N4O6/c1-24-29(6-4-9-34(24)51-13-5-12-47-22-40(42,43)23-47)30-7-3-8-32-31(30)10-11-35(32)53-37-16-36(52-21-27-14-26(17-44)18-45-19-27)28(15-33(37)41)20-46-38(25(2)48)39(49)50/h3-4,6-9,14-16,18-19,25,35,38,46,48H,5,10-13,20-23H2,1-2H3,(H,49,50)/t25-,35+,38+/m1/s1. The Labute approximate surface area is 311 Å². The van der Waals surface area contributed by atoms with Crippen molar-refractivity contribution in [2.24, 2.45) is 0 Å². The zero-order valence-electron chi connectivity index (χ0n) is 29.4. The number of nitrogens with one attached hydrogen (secondary N) is 1. The molecule has 1 saturated heterocycles. The summed E-state index contributed by atoms with van der Waals surface area (Å²) in [6.07, 6.45) is 3.71. The van der Waals surface area contributed by atoms with Crippen LogP contribution in [0.1, 0.15) is 59.3 Å². The smallest absolute Gasteiger partial charge is 0.323 e. The number of aliphatic hydroxyl groups is 1. The fraction of sp³-hybridized carbons (Fsp3) is 0.375. The van der Waals surface area contributed by atoms with Crippen molar-refractivity contribution in [2.75, 3.05) is 26.2 Å². The number of nitrogens with zero attached hydrogens (tertiary/aromatic N) is 3. The van der Waals surface area contributed by atoms with Gasteiger partial charge in [0.15, 0.2) is 0 Å². The molecule has 1 aliphatic heterocycles. The van der Waals surface area contributed by atoms with Gasteiger partial charge in [0.2, 0.25) is 0 Å². The van der Waals surface area contributed by atoms with Crippen LogP contribution in [0.15, 0.2) is 67.0 Å². The van der Waals surface area contributed by atoms with Crippen LogP contribution in [0.25, 0.3) is 11.1 Å². The Morgan fingerprint density at radius 2 is 1.89 bits per heavy atom. The van der Waals surface area contributed by atoms with E-state index in [1.807, 2.05) is 31.2 Å². The number of carboxylic acid groups (broad SMARTS) is 1. The molecule has 3 N–H and O–H groups in total. The first-order valence-corrected chi connectivity index (χ1v) is 17.8. The second-order valence-electron chi connectivity index (χ2n) is 13.5. The van der Waals surface area contributed by atoms with E-state index in [-0.39, 0.29) is 32.3 Å². The molecule has 6 rings (SSSR count). The number of aromatic nitrogens is 1. The fourth-order valence-corrected chi connectivity index (χ4v) is 7.09. The van der Waals surface area contributed by atoms with Gasteiger partial charge in [0.05, 0.1) is 36.4 Å². The number of hydrogen-bond donors (Lipinski definition) is 3. The summed E-state index contributed by atoms with van der Waals surface area (Å²) in [7, 11) is 0. The van der Waals surface area contributed by atoms with Crippen molar-refractivity contribution < 1.29 is 38.0 Å². The lowest BCUT2D eigenvalue weighted by atomic mass is 9.93. The van der Waals surface area contributed by atoms with Crippen LogP contribution in [0.5, 0.6) is 17.2 Å². The van der Waals surface area contributed by atoms with Crippen LogP contribution in [0.3, 0.4) is 0 Å². The number of carboxylic acids is 1. The van der Waals surface area contributed by atoms with Gasteiger partial charge in [-0.25, -0.2) is 8.78 Å². The third-order valence-corrected chi connectivity index (χ3v) is 9.83. The monoisotopic (exact) mass is 746 g/mol. The largest absolute Gasteiger partial charge is 0.493 e. The Balaban J connectivity index is 1.20. The maximum Gasteiger partial charge on any atom is 0.323 e. The molecule has 2 heterocycles. The number of nitriles is 1. The molecule has 0 bridgehead atoms. The molecule has 0 spiro atoms. The predicted octanol–water partition coefficient (Wildman–Crippen LogP) is 6.87. The number of aliphatic carboxylic acids is 1. The highest BCUT2D eigenvalue weighted by molar-refractivity contribution is 6.32. The van der Waals surface area contributed by atoms with Crippen LogP contribution in [0, 0.1) is 18.3 Å². The Morgan fingerprint density at radius 1 is 1.11 bits per heavy atom. The van der Waals surface area contributed by atoms with Gasteiger partial charge in [-0.1, -0.05) is 41.9 Å². The van der Waals surface area contributed by atoms with E-state index in [0.29, 0.717) is 59.2 Å². The second-order valence-corrected chi connectivity index (χ2v) is 13.9. The molecule has 1 fully saturated rings. The van der Waals surface area contributed by atoms with Crippen LogP contribution >= 0.6 is 11.6 Å². The Hall–Kier alpha value is -4.80. The number of pyridine rings is 1. The van der Waals surface area contributed by atoms with Crippen LogP contribution in [-0.4, -0.2) is 70.4 Å². The Morgan fingerprint density at radius 3 is 2.62 bits per heavy atom. The molecular weight excluding hydrogens is 706 g/mol. The minimum Gasteiger partial charge on any atom is -0.493 e. The first kappa shape index (κ1) is 37.9. The summed E-state index contributed by atoms with van der Waals surface area (Å²) < 4.78 is 45.2. The molecule has 3 aromatic carbocycles. The zero-order chi connectivity index (χ0) is 37.7. The number of hydrogen-bond acceptors (Lipinski definition) is 9. The summed E-state index contributed by atoms with van der Waals surface area (Å²) >= 11 is 6.79. The number of benzene rings is 3. The molecule has 0 unspecified atom stereocenters. The molecule has 4 aromatic rings. The lowest BCUT2D eigenvalue weighted by Crippen LogP contribution is -2.56. The highest BCUT2D eigenvalue weighted by Crippen LogP contribution is 2.44. The summed E-state index contributed by atoms with van der Waals surface area (Å²) in [4.78, 5) is 17.6. The number of carbonyl (C=O) groups is 1. The third kappa shape index (κ3) is 9.05. The lowest BCUT2D eigenvalue weighted by molar-refractivity contribution is -0.142. The van der Waals surface area contributed by atoms with Gasteiger partial charge in [-0.15, -0.1) is 0 Å². The number of halogens is 3. The molecule has 10 nitrogen and oxygen atoms in total. The van der Waals surface area contributed by atoms with Crippen molar-refractivity contribution >= 4 is 17.6 Å². The molecular formula is C40H41ClF2N4O6. The Bertz CT molecular complexity index is 2000. The normalized spacial score (nSPS) is 17.3. The summed E-state index contributed by atoms with van der Waals surface area (Å²) in [5.74, 6) is -2.24. The Kier molecular flexibility index (Phi) is 11.8. The third-order valence-electron chi connectivity index (χ3n) is 9.54. The first-order valence-electron chi connectivity index (χ1n) is 17.5. The summed E-state index contributed by atoms with van der Waals surface area (Å²) in [5, 5.41) is 32.0. The quantitative estimate of drug-likeness (QED) is 0.104. The van der Waals surface area contributed by atoms with Gasteiger partial charge >= 0.3 is 5.97 Å². The summed E-state index contributed by atoms with van der Waals surface area (Å²) in [6, 6.07) is 17.9. The van der Waals surface area contributed by atoms with E-state index in [1.54, 1.807) is 29.3 Å². The van der Waals surface area contributed by atoms with E-state index in [2.05, 4.69) is 28.5 Å². The molecule has 3 atom stereocenters. The minimum absolute atomic E-state index is 0.0306. The summed E-state index contributed by atoms with van der Waals surface area (Å²) in [5.41, 5.74) is 6.90. The average molecular weight is 747 g/mol. The zero-order valence-corrected chi connectivity index (χ0v) is 30.2. The molecule has 0 radical (unpaired) electrons. The van der Waals surface area contributed by atoms with Crippen molar-refractivity contribution in [1.29, 1.82) is 5.26 Å². The van der Waals surface area contributed by atoms with E-state index in [9.17, 15) is 29.1 Å².